The Morgan fingerprint density at radius 2 is 1.79 bits per heavy atom. The number of anilines is 1. The predicted octanol–water partition coefficient (Wildman–Crippen LogP) is 5.84. The standard InChI is InChI=1S/C15H10Br3Cl2N3O/c16-10-4-12(18)14(5-11(10)17)21-7-15(24)23-22-6-8-1-2-9(19)3-13(8)20/h1-6,21H,7H2,(H,23,24). The van der Waals surface area contributed by atoms with E-state index in [9.17, 15) is 4.79 Å². The molecule has 1 amide bonds. The summed E-state index contributed by atoms with van der Waals surface area (Å²) in [4.78, 5) is 11.8. The largest absolute Gasteiger partial charge is 0.375 e. The van der Waals surface area contributed by atoms with Gasteiger partial charge in [0.2, 0.25) is 0 Å². The van der Waals surface area contributed by atoms with Crippen molar-refractivity contribution in [1.82, 2.24) is 5.43 Å². The first-order valence-electron chi connectivity index (χ1n) is 6.52. The lowest BCUT2D eigenvalue weighted by molar-refractivity contribution is -0.119. The van der Waals surface area contributed by atoms with E-state index in [1.165, 1.54) is 6.21 Å². The van der Waals surface area contributed by atoms with Gasteiger partial charge in [0, 0.05) is 24.0 Å². The Morgan fingerprint density at radius 1 is 1.08 bits per heavy atom. The van der Waals surface area contributed by atoms with Crippen molar-refractivity contribution < 1.29 is 4.79 Å². The number of hydrogen-bond acceptors (Lipinski definition) is 3. The van der Waals surface area contributed by atoms with Crippen LogP contribution in [0.1, 0.15) is 5.56 Å². The second-order valence-electron chi connectivity index (χ2n) is 4.56. The molecule has 9 heteroatoms. The highest BCUT2D eigenvalue weighted by Crippen LogP contribution is 2.32. The summed E-state index contributed by atoms with van der Waals surface area (Å²) >= 11 is 22.1. The average molecular weight is 559 g/mol. The molecule has 0 spiro atoms. The van der Waals surface area contributed by atoms with Crippen LogP contribution in [0.15, 0.2) is 48.9 Å². The molecule has 0 fully saturated rings. The van der Waals surface area contributed by atoms with Crippen LogP contribution in [0.5, 0.6) is 0 Å². The zero-order valence-electron chi connectivity index (χ0n) is 11.9. The minimum atomic E-state index is -0.290. The predicted molar refractivity (Wildman–Crippen MR) is 110 cm³/mol. The smallest absolute Gasteiger partial charge is 0.259 e. The molecule has 0 aliphatic heterocycles. The fourth-order valence-electron chi connectivity index (χ4n) is 1.65. The van der Waals surface area contributed by atoms with Crippen molar-refractivity contribution in [1.29, 1.82) is 0 Å². The summed E-state index contributed by atoms with van der Waals surface area (Å²) in [6.45, 7) is 0.0678. The molecule has 2 aromatic rings. The van der Waals surface area contributed by atoms with Crippen LogP contribution < -0.4 is 10.7 Å². The molecule has 0 unspecified atom stereocenters. The molecule has 0 saturated heterocycles. The highest BCUT2D eigenvalue weighted by atomic mass is 79.9. The zero-order valence-corrected chi connectivity index (χ0v) is 18.2. The normalized spacial score (nSPS) is 10.9. The van der Waals surface area contributed by atoms with E-state index in [0.29, 0.717) is 15.6 Å². The molecule has 0 aromatic heterocycles. The number of benzene rings is 2. The van der Waals surface area contributed by atoms with Gasteiger partial charge >= 0.3 is 0 Å². The maximum absolute atomic E-state index is 11.8. The molecule has 2 N–H and O–H groups in total. The molecule has 4 nitrogen and oxygen atoms in total. The molecular formula is C15H10Br3Cl2N3O. The van der Waals surface area contributed by atoms with E-state index in [4.69, 9.17) is 23.2 Å². The van der Waals surface area contributed by atoms with Gasteiger partial charge in [-0.1, -0.05) is 29.3 Å². The molecule has 2 rings (SSSR count). The quantitative estimate of drug-likeness (QED) is 0.275. The molecular weight excluding hydrogens is 549 g/mol. The molecule has 0 radical (unpaired) electrons. The first kappa shape index (κ1) is 19.7. The maximum Gasteiger partial charge on any atom is 0.259 e. The van der Waals surface area contributed by atoms with Crippen LogP contribution >= 0.6 is 71.0 Å². The van der Waals surface area contributed by atoms with Gasteiger partial charge in [0.25, 0.3) is 5.91 Å². The van der Waals surface area contributed by atoms with Crippen molar-refractivity contribution >= 4 is 88.8 Å². The van der Waals surface area contributed by atoms with Gasteiger partial charge in [0.05, 0.1) is 23.5 Å². The first-order valence-corrected chi connectivity index (χ1v) is 9.65. The number of amides is 1. The van der Waals surface area contributed by atoms with Crippen molar-refractivity contribution in [2.75, 3.05) is 11.9 Å². The van der Waals surface area contributed by atoms with Gasteiger partial charge in [0.1, 0.15) is 0 Å². The summed E-state index contributed by atoms with van der Waals surface area (Å²) < 4.78 is 2.62. The van der Waals surface area contributed by atoms with Gasteiger partial charge in [-0.2, -0.15) is 5.10 Å². The summed E-state index contributed by atoms with van der Waals surface area (Å²) in [5, 5.41) is 7.90. The van der Waals surface area contributed by atoms with Gasteiger partial charge in [-0.3, -0.25) is 4.79 Å². The third kappa shape index (κ3) is 5.74. The molecule has 24 heavy (non-hydrogen) atoms. The highest BCUT2D eigenvalue weighted by molar-refractivity contribution is 9.13. The van der Waals surface area contributed by atoms with Gasteiger partial charge in [-0.05, 0) is 72.1 Å². The highest BCUT2D eigenvalue weighted by Gasteiger charge is 2.06. The van der Waals surface area contributed by atoms with E-state index in [1.54, 1.807) is 18.2 Å². The number of hydrogen-bond donors (Lipinski definition) is 2. The summed E-state index contributed by atoms with van der Waals surface area (Å²) in [6.07, 6.45) is 1.46. The molecule has 0 saturated carbocycles. The van der Waals surface area contributed by atoms with Crippen LogP contribution in [0.2, 0.25) is 10.0 Å². The van der Waals surface area contributed by atoms with E-state index in [0.717, 1.165) is 19.1 Å². The van der Waals surface area contributed by atoms with Crippen LogP contribution in [-0.4, -0.2) is 18.7 Å². The second-order valence-corrected chi connectivity index (χ2v) is 7.97. The molecule has 126 valence electrons. The molecule has 0 heterocycles. The Balaban J connectivity index is 1.90. The lowest BCUT2D eigenvalue weighted by Crippen LogP contribution is -2.26. The molecule has 0 aliphatic carbocycles. The van der Waals surface area contributed by atoms with Crippen molar-refractivity contribution in [3.05, 3.63) is 59.4 Å². The summed E-state index contributed by atoms with van der Waals surface area (Å²) in [6, 6.07) is 8.76. The monoisotopic (exact) mass is 555 g/mol. The summed E-state index contributed by atoms with van der Waals surface area (Å²) in [7, 11) is 0. The van der Waals surface area contributed by atoms with Crippen molar-refractivity contribution in [2.24, 2.45) is 5.10 Å². The Kier molecular flexibility index (Phi) is 7.56. The van der Waals surface area contributed by atoms with E-state index in [2.05, 4.69) is 63.6 Å². The molecule has 0 bridgehead atoms. The average Bonchev–Trinajstić information content (AvgIpc) is 2.51. The van der Waals surface area contributed by atoms with Gasteiger partial charge < -0.3 is 5.32 Å². The number of carbonyl (C=O) groups excluding carboxylic acids is 1. The maximum atomic E-state index is 11.8. The summed E-state index contributed by atoms with van der Waals surface area (Å²) in [5.74, 6) is -0.290. The summed E-state index contributed by atoms with van der Waals surface area (Å²) in [5.41, 5.74) is 3.87. The Hall–Kier alpha value is -0.600. The fraction of sp³-hybridized carbons (Fsp3) is 0.0667. The van der Waals surface area contributed by atoms with Crippen LogP contribution in [0.3, 0.4) is 0 Å². The first-order chi connectivity index (χ1) is 11.4. The van der Waals surface area contributed by atoms with Crippen LogP contribution in [0.25, 0.3) is 0 Å². The van der Waals surface area contributed by atoms with Crippen LogP contribution in [-0.2, 0) is 4.79 Å². The van der Waals surface area contributed by atoms with E-state index in [-0.39, 0.29) is 12.5 Å². The van der Waals surface area contributed by atoms with Crippen molar-refractivity contribution in [2.45, 2.75) is 0 Å². The van der Waals surface area contributed by atoms with E-state index < -0.39 is 0 Å². The van der Waals surface area contributed by atoms with E-state index >= 15 is 0 Å². The Morgan fingerprint density at radius 3 is 2.50 bits per heavy atom. The minimum absolute atomic E-state index is 0.0678. The third-order valence-electron chi connectivity index (χ3n) is 2.80. The molecule has 0 aliphatic rings. The SMILES string of the molecule is O=C(CNc1cc(Br)c(Br)cc1Br)NN=Cc1ccc(Cl)cc1Cl. The molecule has 0 atom stereocenters. The molecule has 2 aromatic carbocycles. The Labute approximate surface area is 174 Å². The van der Waals surface area contributed by atoms with Gasteiger partial charge in [-0.15, -0.1) is 0 Å². The van der Waals surface area contributed by atoms with Crippen LogP contribution in [0, 0.1) is 0 Å². The number of nitrogens with zero attached hydrogens (tertiary/aromatic N) is 1. The topological polar surface area (TPSA) is 53.5 Å². The number of rotatable bonds is 5. The lowest BCUT2D eigenvalue weighted by atomic mass is 10.2. The fourth-order valence-corrected chi connectivity index (χ4v) is 3.59. The van der Waals surface area contributed by atoms with Crippen molar-refractivity contribution in [3.63, 3.8) is 0 Å². The zero-order chi connectivity index (χ0) is 17.7. The van der Waals surface area contributed by atoms with Crippen molar-refractivity contribution in [3.8, 4) is 0 Å². The number of hydrazone groups is 1. The van der Waals surface area contributed by atoms with Crippen LogP contribution in [0.4, 0.5) is 5.69 Å². The van der Waals surface area contributed by atoms with E-state index in [1.807, 2.05) is 12.1 Å². The van der Waals surface area contributed by atoms with Gasteiger partial charge in [-0.25, -0.2) is 5.43 Å². The lowest BCUT2D eigenvalue weighted by Gasteiger charge is -2.09. The minimum Gasteiger partial charge on any atom is -0.375 e. The third-order valence-corrected chi connectivity index (χ3v) is 5.87. The second kappa shape index (κ2) is 9.20. The Bertz CT molecular complexity index is 800. The number of nitrogens with one attached hydrogen (secondary N) is 2. The van der Waals surface area contributed by atoms with Gasteiger partial charge in [0.15, 0.2) is 0 Å². The number of halogens is 5. The number of carbonyl (C=O) groups is 1.